The third kappa shape index (κ3) is 3.54. The van der Waals surface area contributed by atoms with E-state index >= 15 is 0 Å². The summed E-state index contributed by atoms with van der Waals surface area (Å²) in [5.74, 6) is -0.698. The first-order valence-electron chi connectivity index (χ1n) is 8.95. The lowest BCUT2D eigenvalue weighted by atomic mass is 10.1. The van der Waals surface area contributed by atoms with Crippen molar-refractivity contribution in [2.75, 3.05) is 6.54 Å². The molecule has 5 nitrogen and oxygen atoms in total. The minimum Gasteiger partial charge on any atom is -0.463 e. The number of aliphatic hydroxyl groups is 1. The van der Waals surface area contributed by atoms with Crippen LogP contribution in [0.4, 0.5) is 4.39 Å². The van der Waals surface area contributed by atoms with Crippen molar-refractivity contribution in [2.24, 2.45) is 0 Å². The summed E-state index contributed by atoms with van der Waals surface area (Å²) in [4.78, 5) is 12.8. The van der Waals surface area contributed by atoms with Crippen molar-refractivity contribution in [1.29, 1.82) is 0 Å². The van der Waals surface area contributed by atoms with Gasteiger partial charge in [-0.2, -0.15) is 0 Å². The maximum Gasteiger partial charge on any atom is 0.268 e. The number of carbonyl (C=O) groups excluding carboxylic acids is 1. The van der Waals surface area contributed by atoms with Crippen molar-refractivity contribution in [3.05, 3.63) is 95.6 Å². The average molecular weight is 378 g/mol. The maximum absolute atomic E-state index is 14.1. The molecule has 0 bridgehead atoms. The Hall–Kier alpha value is -3.38. The molecule has 2 heterocycles. The third-order valence-corrected chi connectivity index (χ3v) is 4.68. The molecule has 2 aromatic heterocycles. The number of hydrogen-bond donors (Lipinski definition) is 2. The second-order valence-electron chi connectivity index (χ2n) is 6.51. The number of nitrogens with zero attached hydrogens (tertiary/aromatic N) is 1. The standard InChI is InChI=1S/C22H19FN2O3/c23-17-9-5-4-8-16(17)14-25-18-10-11-28-21(18)12-19(25)22(27)24-13-20(26)15-6-2-1-3-7-15/h1-12,20,26H,13-14H2,(H,24,27). The van der Waals surface area contributed by atoms with Crippen molar-refractivity contribution in [2.45, 2.75) is 12.6 Å². The molecule has 1 atom stereocenters. The van der Waals surface area contributed by atoms with Gasteiger partial charge in [-0.25, -0.2) is 4.39 Å². The number of furan rings is 1. The molecule has 0 saturated heterocycles. The SMILES string of the molecule is O=C(NCC(O)c1ccccc1)c1cc2occc2n1Cc1ccccc1F. The minimum atomic E-state index is -0.817. The number of aliphatic hydroxyl groups excluding tert-OH is 1. The number of hydrogen-bond acceptors (Lipinski definition) is 3. The zero-order valence-corrected chi connectivity index (χ0v) is 15.0. The van der Waals surface area contributed by atoms with Gasteiger partial charge in [0.2, 0.25) is 0 Å². The van der Waals surface area contributed by atoms with E-state index in [1.165, 1.54) is 12.3 Å². The van der Waals surface area contributed by atoms with Crippen molar-refractivity contribution in [1.82, 2.24) is 9.88 Å². The van der Waals surface area contributed by atoms with Crippen LogP contribution in [-0.4, -0.2) is 22.1 Å². The molecule has 142 valence electrons. The molecule has 28 heavy (non-hydrogen) atoms. The molecule has 0 spiro atoms. The Kier molecular flexibility index (Phi) is 4.95. The summed E-state index contributed by atoms with van der Waals surface area (Å²) in [7, 11) is 0. The monoisotopic (exact) mass is 378 g/mol. The van der Waals surface area contributed by atoms with E-state index in [1.807, 2.05) is 18.2 Å². The average Bonchev–Trinajstić information content (AvgIpc) is 3.31. The van der Waals surface area contributed by atoms with E-state index in [9.17, 15) is 14.3 Å². The first kappa shape index (κ1) is 18.0. The number of fused-ring (bicyclic) bond motifs is 1. The van der Waals surface area contributed by atoms with Gasteiger partial charge in [0.1, 0.15) is 11.5 Å². The first-order chi connectivity index (χ1) is 13.6. The molecule has 6 heteroatoms. The summed E-state index contributed by atoms with van der Waals surface area (Å²) in [6.07, 6.45) is 0.715. The van der Waals surface area contributed by atoms with Gasteiger partial charge in [0.15, 0.2) is 5.58 Å². The number of nitrogens with one attached hydrogen (secondary N) is 1. The van der Waals surface area contributed by atoms with E-state index in [0.29, 0.717) is 22.4 Å². The quantitative estimate of drug-likeness (QED) is 0.535. The second kappa shape index (κ2) is 7.70. The van der Waals surface area contributed by atoms with Crippen molar-refractivity contribution < 1.29 is 18.7 Å². The van der Waals surface area contributed by atoms with Crippen LogP contribution in [0.1, 0.15) is 27.7 Å². The van der Waals surface area contributed by atoms with Gasteiger partial charge >= 0.3 is 0 Å². The smallest absolute Gasteiger partial charge is 0.268 e. The van der Waals surface area contributed by atoms with E-state index in [4.69, 9.17) is 4.42 Å². The topological polar surface area (TPSA) is 67.4 Å². The fraction of sp³-hybridized carbons (Fsp3) is 0.136. The lowest BCUT2D eigenvalue weighted by Gasteiger charge is -2.14. The largest absolute Gasteiger partial charge is 0.463 e. The highest BCUT2D eigenvalue weighted by atomic mass is 19.1. The van der Waals surface area contributed by atoms with E-state index in [1.54, 1.807) is 47.0 Å². The van der Waals surface area contributed by atoms with Gasteiger partial charge in [0.05, 0.1) is 24.4 Å². The summed E-state index contributed by atoms with van der Waals surface area (Å²) in [5.41, 5.74) is 2.79. The number of benzene rings is 2. The number of amides is 1. The zero-order chi connectivity index (χ0) is 19.5. The molecule has 0 fully saturated rings. The summed E-state index contributed by atoms with van der Waals surface area (Å²) in [6.45, 7) is 0.259. The fourth-order valence-corrected chi connectivity index (χ4v) is 3.21. The number of rotatable bonds is 6. The molecule has 1 unspecified atom stereocenters. The lowest BCUT2D eigenvalue weighted by molar-refractivity contribution is 0.0908. The summed E-state index contributed by atoms with van der Waals surface area (Å²) in [6, 6.07) is 18.9. The molecule has 4 rings (SSSR count). The molecule has 0 aliphatic carbocycles. The Morgan fingerprint density at radius 3 is 2.64 bits per heavy atom. The normalized spacial score (nSPS) is 12.2. The summed E-state index contributed by atoms with van der Waals surface area (Å²) >= 11 is 0. The molecule has 1 amide bonds. The van der Waals surface area contributed by atoms with Crippen LogP contribution in [0.3, 0.4) is 0 Å². The Morgan fingerprint density at radius 2 is 1.86 bits per heavy atom. The zero-order valence-electron chi connectivity index (χ0n) is 15.0. The highest BCUT2D eigenvalue weighted by Gasteiger charge is 2.19. The Bertz CT molecular complexity index is 1100. The van der Waals surface area contributed by atoms with Crippen LogP contribution in [0.5, 0.6) is 0 Å². The third-order valence-electron chi connectivity index (χ3n) is 4.68. The van der Waals surface area contributed by atoms with Gasteiger partial charge in [-0.15, -0.1) is 0 Å². The van der Waals surface area contributed by atoms with Gasteiger partial charge in [0, 0.05) is 24.2 Å². The van der Waals surface area contributed by atoms with Crippen molar-refractivity contribution in [3.63, 3.8) is 0 Å². The van der Waals surface area contributed by atoms with Gasteiger partial charge < -0.3 is 19.4 Å². The van der Waals surface area contributed by atoms with Crippen molar-refractivity contribution >= 4 is 17.0 Å². The predicted octanol–water partition coefficient (Wildman–Crippen LogP) is 3.89. The van der Waals surface area contributed by atoms with Crippen LogP contribution >= 0.6 is 0 Å². The molecular formula is C22H19FN2O3. The summed E-state index contributed by atoms with van der Waals surface area (Å²) in [5, 5.41) is 13.0. The molecule has 0 aliphatic rings. The number of carbonyl (C=O) groups is 1. The second-order valence-corrected chi connectivity index (χ2v) is 6.51. The van der Waals surface area contributed by atoms with E-state index in [0.717, 1.165) is 5.56 Å². The first-order valence-corrected chi connectivity index (χ1v) is 8.95. The Labute approximate surface area is 161 Å². The van der Waals surface area contributed by atoms with Gasteiger partial charge in [-0.05, 0) is 11.6 Å². The molecule has 0 saturated carbocycles. The van der Waals surface area contributed by atoms with E-state index < -0.39 is 6.10 Å². The Morgan fingerprint density at radius 1 is 1.11 bits per heavy atom. The minimum absolute atomic E-state index is 0.0646. The molecule has 2 aromatic carbocycles. The van der Waals surface area contributed by atoms with Crippen LogP contribution in [0, 0.1) is 5.82 Å². The van der Waals surface area contributed by atoms with Gasteiger partial charge in [-0.3, -0.25) is 4.79 Å². The summed E-state index contributed by atoms with van der Waals surface area (Å²) < 4.78 is 21.2. The number of aromatic nitrogens is 1. The maximum atomic E-state index is 14.1. The molecule has 0 radical (unpaired) electrons. The highest BCUT2D eigenvalue weighted by Crippen LogP contribution is 2.23. The van der Waals surface area contributed by atoms with Crippen LogP contribution in [0.2, 0.25) is 0 Å². The molecular weight excluding hydrogens is 359 g/mol. The Balaban J connectivity index is 1.57. The highest BCUT2D eigenvalue weighted by molar-refractivity contribution is 5.97. The van der Waals surface area contributed by atoms with Crippen molar-refractivity contribution in [3.8, 4) is 0 Å². The predicted molar refractivity (Wildman–Crippen MR) is 103 cm³/mol. The van der Waals surface area contributed by atoms with Crippen LogP contribution < -0.4 is 5.32 Å². The van der Waals surface area contributed by atoms with Crippen LogP contribution in [-0.2, 0) is 6.54 Å². The van der Waals surface area contributed by atoms with Crippen LogP contribution in [0.15, 0.2) is 77.4 Å². The molecule has 4 aromatic rings. The molecule has 2 N–H and O–H groups in total. The van der Waals surface area contributed by atoms with Gasteiger partial charge in [-0.1, -0.05) is 48.5 Å². The van der Waals surface area contributed by atoms with Gasteiger partial charge in [0.25, 0.3) is 5.91 Å². The molecule has 0 aliphatic heterocycles. The van der Waals surface area contributed by atoms with E-state index in [2.05, 4.69) is 5.32 Å². The number of halogens is 1. The van der Waals surface area contributed by atoms with E-state index in [-0.39, 0.29) is 24.8 Å². The van der Waals surface area contributed by atoms with Crippen LogP contribution in [0.25, 0.3) is 11.1 Å². The fourth-order valence-electron chi connectivity index (χ4n) is 3.21. The lowest BCUT2D eigenvalue weighted by Crippen LogP contribution is -2.30.